The third-order valence-corrected chi connectivity index (χ3v) is 11.8. The number of H-pyrrole nitrogens is 2. The summed E-state index contributed by atoms with van der Waals surface area (Å²) in [6.45, 7) is 4.38. The van der Waals surface area contributed by atoms with Crippen LogP contribution in [0.4, 0.5) is 9.59 Å². The number of alkyl carbamates (subject to hydrolysis) is 2. The van der Waals surface area contributed by atoms with Gasteiger partial charge in [0.25, 0.3) is 0 Å². The van der Waals surface area contributed by atoms with Crippen LogP contribution in [0.15, 0.2) is 73.1 Å². The first-order valence-corrected chi connectivity index (χ1v) is 20.4. The molecule has 3 aliphatic rings. The van der Waals surface area contributed by atoms with Gasteiger partial charge in [-0.3, -0.25) is 9.59 Å². The third-order valence-electron chi connectivity index (χ3n) is 11.8. The molecule has 16 heteroatoms. The summed E-state index contributed by atoms with van der Waals surface area (Å²) < 4.78 is 20.8. The zero-order valence-electron chi connectivity index (χ0n) is 33.9. The molecular weight excluding hydrogens is 769 g/mol. The van der Waals surface area contributed by atoms with Gasteiger partial charge in [0.1, 0.15) is 29.8 Å². The molecule has 0 saturated carbocycles. The number of ether oxygens (including phenoxy) is 4. The summed E-state index contributed by atoms with van der Waals surface area (Å²) in [5, 5.41) is 7.53. The molecule has 3 aromatic carbocycles. The molecule has 3 saturated heterocycles. The van der Waals surface area contributed by atoms with Gasteiger partial charge in [-0.1, -0.05) is 48.5 Å². The van der Waals surface area contributed by atoms with E-state index < -0.39 is 30.3 Å². The first kappa shape index (κ1) is 40.5. The Labute approximate surface area is 347 Å². The Morgan fingerprint density at radius 3 is 1.97 bits per heavy atom. The van der Waals surface area contributed by atoms with Crippen molar-refractivity contribution in [3.05, 3.63) is 84.7 Å². The quantitative estimate of drug-likeness (QED) is 0.135. The summed E-state index contributed by atoms with van der Waals surface area (Å²) in [6.07, 6.45) is 5.29. The number of methoxy groups -OCH3 is 2. The van der Waals surface area contributed by atoms with Crippen LogP contribution >= 0.6 is 0 Å². The summed E-state index contributed by atoms with van der Waals surface area (Å²) in [5.74, 6) is 0.940. The fraction of sp³-hybridized carbons (Fsp3) is 0.409. The molecule has 0 radical (unpaired) electrons. The number of morpholine rings is 1. The predicted octanol–water partition coefficient (Wildman–Crippen LogP) is 5.75. The van der Waals surface area contributed by atoms with Crippen molar-refractivity contribution in [1.82, 2.24) is 40.4 Å². The molecule has 0 bridgehead atoms. The number of likely N-dealkylation sites (tertiary alicyclic amines) is 1. The van der Waals surface area contributed by atoms with Crippen LogP contribution in [0, 0.1) is 5.92 Å². The SMILES string of the molecule is COC(=O)N[C@H](C(=O)N1CCC[C@H]1c1ncc(-c2ccc3cc(-c4ccc(-c5cnc([C@@H]6COCCN6C(=O)[C@@H](C)NC(=O)OC)[nH]5)cc4)ccc3c2)[nH]1)C1CCOCC1. The largest absolute Gasteiger partial charge is 0.453 e. The monoisotopic (exact) mass is 818 g/mol. The number of aromatic nitrogens is 4. The molecule has 0 aliphatic carbocycles. The highest BCUT2D eigenvalue weighted by atomic mass is 16.5. The highest BCUT2D eigenvalue weighted by molar-refractivity contribution is 5.91. The molecular formula is C44H50N8O8. The number of imidazole rings is 2. The van der Waals surface area contributed by atoms with Gasteiger partial charge in [0, 0.05) is 31.9 Å². The second-order valence-electron chi connectivity index (χ2n) is 15.5. The lowest BCUT2D eigenvalue weighted by atomic mass is 9.90. The van der Waals surface area contributed by atoms with Crippen molar-refractivity contribution in [2.75, 3.05) is 53.7 Å². The van der Waals surface area contributed by atoms with Crippen molar-refractivity contribution >= 4 is 34.8 Å². The summed E-state index contributed by atoms with van der Waals surface area (Å²) in [6, 6.07) is 18.8. The number of fused-ring (bicyclic) bond motifs is 1. The minimum Gasteiger partial charge on any atom is -0.453 e. The van der Waals surface area contributed by atoms with Gasteiger partial charge in [-0.25, -0.2) is 19.6 Å². The van der Waals surface area contributed by atoms with E-state index in [9.17, 15) is 19.2 Å². The van der Waals surface area contributed by atoms with E-state index in [0.29, 0.717) is 51.6 Å². The number of carbonyl (C=O) groups excluding carboxylic acids is 4. The zero-order chi connectivity index (χ0) is 41.8. The molecule has 5 aromatic rings. The first-order valence-electron chi connectivity index (χ1n) is 20.4. The van der Waals surface area contributed by atoms with E-state index in [1.807, 2.05) is 23.2 Å². The molecule has 60 heavy (non-hydrogen) atoms. The first-order chi connectivity index (χ1) is 29.2. The van der Waals surface area contributed by atoms with Crippen LogP contribution in [-0.2, 0) is 28.5 Å². The Morgan fingerprint density at radius 2 is 1.27 bits per heavy atom. The average molecular weight is 819 g/mol. The van der Waals surface area contributed by atoms with Crippen molar-refractivity contribution in [2.45, 2.75) is 56.8 Å². The van der Waals surface area contributed by atoms with E-state index in [2.05, 4.69) is 78.9 Å². The number of hydrogen-bond donors (Lipinski definition) is 4. The van der Waals surface area contributed by atoms with Crippen LogP contribution in [0.1, 0.15) is 56.3 Å². The summed E-state index contributed by atoms with van der Waals surface area (Å²) >= 11 is 0. The second kappa shape index (κ2) is 17.9. The Hall–Kier alpha value is -6.26. The summed E-state index contributed by atoms with van der Waals surface area (Å²) in [5.41, 5.74) is 5.74. The number of aromatic amines is 2. The highest BCUT2D eigenvalue weighted by Crippen LogP contribution is 2.35. The van der Waals surface area contributed by atoms with Gasteiger partial charge in [-0.2, -0.15) is 0 Å². The average Bonchev–Trinajstić information content (AvgIpc) is 4.10. The van der Waals surface area contributed by atoms with Crippen LogP contribution in [0.5, 0.6) is 0 Å². The van der Waals surface area contributed by atoms with Gasteiger partial charge in [-0.05, 0) is 78.1 Å². The van der Waals surface area contributed by atoms with Gasteiger partial charge in [0.2, 0.25) is 11.8 Å². The van der Waals surface area contributed by atoms with E-state index in [0.717, 1.165) is 63.1 Å². The lowest BCUT2D eigenvalue weighted by molar-refractivity contribution is -0.142. The minimum atomic E-state index is -0.767. The lowest BCUT2D eigenvalue weighted by Crippen LogP contribution is -2.53. The molecule has 5 heterocycles. The second-order valence-corrected chi connectivity index (χ2v) is 15.5. The Kier molecular flexibility index (Phi) is 12.1. The van der Waals surface area contributed by atoms with Crippen LogP contribution in [-0.4, -0.2) is 120 Å². The molecule has 3 fully saturated rings. The van der Waals surface area contributed by atoms with E-state index in [1.165, 1.54) is 14.2 Å². The molecule has 3 aliphatic heterocycles. The van der Waals surface area contributed by atoms with Gasteiger partial charge < -0.3 is 49.3 Å². The third kappa shape index (κ3) is 8.56. The van der Waals surface area contributed by atoms with E-state index >= 15 is 0 Å². The maximum absolute atomic E-state index is 14.0. The zero-order valence-corrected chi connectivity index (χ0v) is 33.9. The number of carbonyl (C=O) groups is 4. The van der Waals surface area contributed by atoms with Crippen LogP contribution in [0.3, 0.4) is 0 Å². The number of rotatable bonds is 10. The number of nitrogens with one attached hydrogen (secondary N) is 4. The number of nitrogens with zero attached hydrogens (tertiary/aromatic N) is 4. The molecule has 16 nitrogen and oxygen atoms in total. The number of benzene rings is 3. The normalized spacial score (nSPS) is 19.4. The van der Waals surface area contributed by atoms with E-state index in [4.69, 9.17) is 19.2 Å². The predicted molar refractivity (Wildman–Crippen MR) is 221 cm³/mol. The molecule has 314 valence electrons. The van der Waals surface area contributed by atoms with Crippen molar-refractivity contribution in [2.24, 2.45) is 5.92 Å². The maximum atomic E-state index is 14.0. The number of amides is 4. The van der Waals surface area contributed by atoms with Gasteiger partial charge in [0.15, 0.2) is 0 Å². The standard InChI is InChI=1S/C44H50N8O8/c1-26(47-43(55)57-2)41(53)52-17-20-60-25-37(52)40-46-23-34(48-40)28-8-6-27(7-9-28)30-10-11-32-22-33(13-12-31(32)21-30)35-24-45-39(49-35)36-5-4-16-51(36)42(54)38(50-44(56)58-3)29-14-18-59-19-15-29/h6-13,21-24,26,29,36-38H,4-5,14-20,25H2,1-3H3,(H,45,49)(H,46,48)(H,47,55)(H,50,56)/t26-,36+,37+,38+/m1/s1. The Bertz CT molecular complexity index is 2340. The highest BCUT2D eigenvalue weighted by Gasteiger charge is 2.40. The van der Waals surface area contributed by atoms with Crippen molar-refractivity contribution in [3.63, 3.8) is 0 Å². The maximum Gasteiger partial charge on any atom is 0.407 e. The molecule has 2 aromatic heterocycles. The molecule has 8 rings (SSSR count). The van der Waals surface area contributed by atoms with Crippen LogP contribution in [0.25, 0.3) is 44.4 Å². The summed E-state index contributed by atoms with van der Waals surface area (Å²) in [4.78, 5) is 71.0. The van der Waals surface area contributed by atoms with Crippen LogP contribution in [0.2, 0.25) is 0 Å². The van der Waals surface area contributed by atoms with Gasteiger partial charge >= 0.3 is 12.2 Å². The Balaban J connectivity index is 0.938. The topological polar surface area (TPSA) is 193 Å². The van der Waals surface area contributed by atoms with Crippen molar-refractivity contribution < 1.29 is 38.1 Å². The van der Waals surface area contributed by atoms with Crippen LogP contribution < -0.4 is 10.6 Å². The minimum absolute atomic E-state index is 0.0304. The Morgan fingerprint density at radius 1 is 0.683 bits per heavy atom. The summed E-state index contributed by atoms with van der Waals surface area (Å²) in [7, 11) is 2.57. The molecule has 0 spiro atoms. The van der Waals surface area contributed by atoms with E-state index in [-0.39, 0.29) is 30.4 Å². The lowest BCUT2D eigenvalue weighted by Gasteiger charge is -2.36. The van der Waals surface area contributed by atoms with E-state index in [1.54, 1.807) is 18.0 Å². The van der Waals surface area contributed by atoms with Gasteiger partial charge in [-0.15, -0.1) is 0 Å². The van der Waals surface area contributed by atoms with Crippen molar-refractivity contribution in [1.29, 1.82) is 0 Å². The van der Waals surface area contributed by atoms with Gasteiger partial charge in [0.05, 0.1) is 57.3 Å². The molecule has 4 N–H and O–H groups in total. The smallest absolute Gasteiger partial charge is 0.407 e. The fourth-order valence-corrected chi connectivity index (χ4v) is 8.49. The molecule has 4 atom stereocenters. The fourth-order valence-electron chi connectivity index (χ4n) is 8.49. The number of hydrogen-bond acceptors (Lipinski definition) is 10. The molecule has 4 amide bonds. The van der Waals surface area contributed by atoms with Crippen molar-refractivity contribution in [3.8, 4) is 33.6 Å². The molecule has 0 unspecified atom stereocenters.